The maximum absolute atomic E-state index is 5.33. The van der Waals surface area contributed by atoms with Crippen molar-refractivity contribution in [3.63, 3.8) is 0 Å². The molecule has 0 saturated heterocycles. The molecule has 0 aromatic carbocycles. The Kier molecular flexibility index (Phi) is 3.48. The van der Waals surface area contributed by atoms with Gasteiger partial charge in [-0.3, -0.25) is 0 Å². The van der Waals surface area contributed by atoms with Gasteiger partial charge in [0.05, 0.1) is 0 Å². The molecule has 0 aliphatic carbocycles. The van der Waals surface area contributed by atoms with Crippen LogP contribution in [0.1, 0.15) is 0 Å². The Morgan fingerprint density at radius 2 is 2.56 bits per heavy atom. The van der Waals surface area contributed by atoms with Crippen LogP contribution >= 0.6 is 40.6 Å². The molecule has 0 N–H and O–H groups in total. The van der Waals surface area contributed by atoms with Crippen LogP contribution in [0.15, 0.2) is 0 Å². The first-order chi connectivity index (χ1) is 4.33. The van der Waals surface area contributed by atoms with Gasteiger partial charge < -0.3 is 0 Å². The third-order valence-corrected chi connectivity index (χ3v) is 11.8. The van der Waals surface area contributed by atoms with Crippen LogP contribution in [-0.4, -0.2) is 21.7 Å². The van der Waals surface area contributed by atoms with Gasteiger partial charge in [0.15, 0.2) is 0 Å². The first-order valence-electron chi connectivity index (χ1n) is 2.76. The third kappa shape index (κ3) is 2.54. The van der Waals surface area contributed by atoms with Gasteiger partial charge in [-0.2, -0.15) is 0 Å². The second-order valence-electron chi connectivity index (χ2n) is 1.92. The summed E-state index contributed by atoms with van der Waals surface area (Å²) in [5.41, 5.74) is 0. The Hall–Kier alpha value is 0.890. The first-order valence-corrected chi connectivity index (χ1v) is 10.6. The minimum absolute atomic E-state index is 0.341. The number of hydrogen-bond donors (Lipinski definition) is 0. The number of rotatable bonds is 0. The molecule has 1 heterocycles. The summed E-state index contributed by atoms with van der Waals surface area (Å²) in [6, 6.07) is 0. The zero-order valence-electron chi connectivity index (χ0n) is 5.45. The molecule has 1 aliphatic rings. The molecule has 0 aromatic rings. The fraction of sp³-hybridized carbons (Fsp3) is 0.571. The van der Waals surface area contributed by atoms with Crippen LogP contribution in [0.2, 0.25) is 0 Å². The zero-order valence-corrected chi connectivity index (χ0v) is 9.77. The van der Waals surface area contributed by atoms with Gasteiger partial charge in [-0.25, -0.2) is 0 Å². The standard InChI is InChI=1S/C7H10I2/c1-3-7-6-9(2)5-4-8-7/h1H,4-6H2,2H3. The number of halogens is 2. The van der Waals surface area contributed by atoms with E-state index in [0.29, 0.717) is 20.7 Å². The molecular formula is C7H10I2. The van der Waals surface area contributed by atoms with Crippen molar-refractivity contribution >= 4 is 44.1 Å². The van der Waals surface area contributed by atoms with Crippen LogP contribution in [-0.2, 0) is 0 Å². The van der Waals surface area contributed by atoms with Gasteiger partial charge in [0, 0.05) is 0 Å². The van der Waals surface area contributed by atoms with E-state index in [2.05, 4.69) is 10.9 Å². The fourth-order valence-electron chi connectivity index (χ4n) is 0.652. The van der Waals surface area contributed by atoms with Crippen molar-refractivity contribution in [3.8, 4) is 12.3 Å². The van der Waals surface area contributed by atoms with Gasteiger partial charge in [0.25, 0.3) is 0 Å². The van der Waals surface area contributed by atoms with Crippen molar-refractivity contribution in [2.45, 2.75) is 0 Å². The molecule has 0 amide bonds. The van der Waals surface area contributed by atoms with E-state index in [4.69, 9.17) is 6.42 Å². The monoisotopic (exact) mass is 348 g/mol. The molecule has 2 heteroatoms. The van der Waals surface area contributed by atoms with Crippen molar-refractivity contribution in [1.29, 1.82) is 0 Å². The molecule has 0 bridgehead atoms. The van der Waals surface area contributed by atoms with E-state index in [1.807, 2.05) is 0 Å². The third-order valence-electron chi connectivity index (χ3n) is 1.15. The van der Waals surface area contributed by atoms with Gasteiger partial charge in [-0.1, -0.05) is 0 Å². The molecule has 0 aromatic heterocycles. The van der Waals surface area contributed by atoms with Crippen molar-refractivity contribution in [2.75, 3.05) is 18.2 Å². The van der Waals surface area contributed by atoms with Crippen molar-refractivity contribution in [3.05, 3.63) is 0 Å². The SMILES string of the molecule is C#CC1=ICCI(C)C1. The second kappa shape index (κ2) is 3.91. The van der Waals surface area contributed by atoms with Gasteiger partial charge in [0.1, 0.15) is 0 Å². The average molecular weight is 348 g/mol. The Morgan fingerprint density at radius 1 is 1.78 bits per heavy atom. The molecule has 0 spiro atoms. The summed E-state index contributed by atoms with van der Waals surface area (Å²) < 4.78 is 5.95. The van der Waals surface area contributed by atoms with Gasteiger partial charge in [-0.05, 0) is 0 Å². The van der Waals surface area contributed by atoms with Gasteiger partial charge in [0.2, 0.25) is 0 Å². The van der Waals surface area contributed by atoms with Crippen molar-refractivity contribution in [2.24, 2.45) is 0 Å². The molecule has 1 aliphatic heterocycles. The summed E-state index contributed by atoms with van der Waals surface area (Å²) in [5, 5.41) is 0. The average Bonchev–Trinajstić information content (AvgIpc) is 1.88. The molecule has 0 unspecified atom stereocenters. The van der Waals surface area contributed by atoms with E-state index in [1.165, 1.54) is 12.4 Å². The molecular weight excluding hydrogens is 338 g/mol. The zero-order chi connectivity index (χ0) is 6.69. The Balaban J connectivity index is 2.56. The Labute approximate surface area is 73.9 Å². The predicted molar refractivity (Wildman–Crippen MR) is 62.4 cm³/mol. The minimum atomic E-state index is -0.474. The molecule has 1 rings (SSSR count). The van der Waals surface area contributed by atoms with Gasteiger partial charge >= 0.3 is 74.6 Å². The first kappa shape index (κ1) is 7.99. The van der Waals surface area contributed by atoms with E-state index in [1.54, 1.807) is 4.43 Å². The van der Waals surface area contributed by atoms with Crippen LogP contribution < -0.4 is 0 Å². The van der Waals surface area contributed by atoms with Gasteiger partial charge in [-0.15, -0.1) is 0 Å². The summed E-state index contributed by atoms with van der Waals surface area (Å²) >= 11 is -0.133. The normalized spacial score (nSPS) is 23.6. The predicted octanol–water partition coefficient (Wildman–Crippen LogP) is 1.91. The number of alkyl halides is 4. The molecule has 0 atom stereocenters. The molecule has 0 nitrogen and oxygen atoms in total. The molecule has 0 radical (unpaired) electrons. The summed E-state index contributed by atoms with van der Waals surface area (Å²) in [5.74, 6) is 2.84. The summed E-state index contributed by atoms with van der Waals surface area (Å²) in [6.07, 6.45) is 5.33. The van der Waals surface area contributed by atoms with Crippen LogP contribution in [0.25, 0.3) is 0 Å². The quantitative estimate of drug-likeness (QED) is 0.357. The molecule has 0 fully saturated rings. The molecule has 52 valence electrons. The van der Waals surface area contributed by atoms with Crippen molar-refractivity contribution < 1.29 is 0 Å². The second-order valence-corrected chi connectivity index (χ2v) is 11.0. The van der Waals surface area contributed by atoms with Crippen LogP contribution in [0.5, 0.6) is 0 Å². The van der Waals surface area contributed by atoms with Crippen LogP contribution in [0, 0.1) is 12.3 Å². The summed E-state index contributed by atoms with van der Waals surface area (Å²) in [7, 11) is 0. The summed E-state index contributed by atoms with van der Waals surface area (Å²) in [4.78, 5) is 2.45. The summed E-state index contributed by atoms with van der Waals surface area (Å²) in [6.45, 7) is 0. The Morgan fingerprint density at radius 3 is 3.00 bits per heavy atom. The molecule has 0 saturated carbocycles. The topological polar surface area (TPSA) is 0 Å². The number of hydrogen-bond acceptors (Lipinski definition) is 0. The van der Waals surface area contributed by atoms with Crippen LogP contribution in [0.3, 0.4) is 0 Å². The fourth-order valence-corrected chi connectivity index (χ4v) is 15.1. The van der Waals surface area contributed by atoms with Crippen molar-refractivity contribution in [1.82, 2.24) is 0 Å². The van der Waals surface area contributed by atoms with E-state index >= 15 is 0 Å². The Bertz CT molecular complexity index is 164. The van der Waals surface area contributed by atoms with E-state index in [0.717, 1.165) is 0 Å². The molecule has 9 heavy (non-hydrogen) atoms. The number of terminal acetylenes is 1. The maximum atomic E-state index is 5.33. The van der Waals surface area contributed by atoms with E-state index in [9.17, 15) is 0 Å². The van der Waals surface area contributed by atoms with E-state index in [-0.39, 0.29) is 0 Å². The van der Waals surface area contributed by atoms with Crippen LogP contribution in [0.4, 0.5) is 0 Å². The van der Waals surface area contributed by atoms with E-state index < -0.39 is 19.8 Å².